The van der Waals surface area contributed by atoms with Crippen molar-refractivity contribution in [3.8, 4) is 0 Å². The first kappa shape index (κ1) is 19.3. The molecule has 2 saturated heterocycles. The first-order chi connectivity index (χ1) is 13.7. The van der Waals surface area contributed by atoms with Gasteiger partial charge in [-0.25, -0.2) is 9.97 Å². The van der Waals surface area contributed by atoms with Crippen LogP contribution in [0.2, 0.25) is 5.15 Å². The minimum Gasteiger partial charge on any atom is -0.394 e. The zero-order chi connectivity index (χ0) is 19.5. The number of rotatable bonds is 6. The Morgan fingerprint density at radius 1 is 1.04 bits per heavy atom. The number of halogens is 1. The van der Waals surface area contributed by atoms with Gasteiger partial charge in [0.15, 0.2) is 28.0 Å². The molecule has 152 valence electrons. The lowest BCUT2D eigenvalue weighted by molar-refractivity contribution is 0.105. The van der Waals surface area contributed by atoms with Gasteiger partial charge in [0.2, 0.25) is 5.95 Å². The Labute approximate surface area is 168 Å². The number of anilines is 3. The fourth-order valence-electron chi connectivity index (χ4n) is 3.45. The number of piperazine rings is 1. The Hall–Kier alpha value is -2.01. The Morgan fingerprint density at radius 2 is 1.79 bits per heavy atom. The van der Waals surface area contributed by atoms with Gasteiger partial charge >= 0.3 is 0 Å². The number of hydrogen-bond donors (Lipinski definition) is 4. The molecule has 0 saturated carbocycles. The smallest absolute Gasteiger partial charge is 0.229 e. The maximum absolute atomic E-state index is 9.58. The Morgan fingerprint density at radius 3 is 2.50 bits per heavy atom. The third kappa shape index (κ3) is 4.04. The van der Waals surface area contributed by atoms with Crippen molar-refractivity contribution >= 4 is 40.3 Å². The topological polar surface area (TPSA) is 123 Å². The van der Waals surface area contributed by atoms with E-state index in [9.17, 15) is 5.11 Å². The minimum atomic E-state index is -0.907. The first-order valence-corrected chi connectivity index (χ1v) is 10.0. The molecule has 2 aliphatic rings. The van der Waals surface area contributed by atoms with Crippen LogP contribution in [0, 0.1) is 0 Å². The molecule has 0 aromatic carbocycles. The highest BCUT2D eigenvalue weighted by Crippen LogP contribution is 2.30. The van der Waals surface area contributed by atoms with E-state index in [0.717, 1.165) is 57.9 Å². The standard InChI is InChI=1S/C17H25ClN8O2/c18-13-15(20-9-11(28)10-27)22-14-12(21-13)16(25-5-1-2-6-25)24-17(23-14)26-7-3-19-4-8-26/h11,19,27-28H,1-10H2,(H,20,22,23,24). The predicted octanol–water partition coefficient (Wildman–Crippen LogP) is -0.152. The lowest BCUT2D eigenvalue weighted by Gasteiger charge is -2.28. The van der Waals surface area contributed by atoms with Crippen LogP contribution in [0.15, 0.2) is 0 Å². The summed E-state index contributed by atoms with van der Waals surface area (Å²) in [7, 11) is 0. The second-order valence-corrected chi connectivity index (χ2v) is 7.39. The molecule has 1 atom stereocenters. The predicted molar refractivity (Wildman–Crippen MR) is 108 cm³/mol. The van der Waals surface area contributed by atoms with Crippen LogP contribution in [-0.2, 0) is 0 Å². The van der Waals surface area contributed by atoms with E-state index in [2.05, 4.69) is 35.4 Å². The van der Waals surface area contributed by atoms with Crippen LogP contribution >= 0.6 is 11.6 Å². The summed E-state index contributed by atoms with van der Waals surface area (Å²) in [6, 6.07) is 0. The van der Waals surface area contributed by atoms with Gasteiger partial charge in [-0.1, -0.05) is 11.6 Å². The SMILES string of the molecule is OCC(O)CNc1nc2nc(N3CCNCC3)nc(N3CCCC3)c2nc1Cl. The number of hydrogen-bond acceptors (Lipinski definition) is 10. The second-order valence-electron chi connectivity index (χ2n) is 7.03. The van der Waals surface area contributed by atoms with Gasteiger partial charge in [-0.3, -0.25) is 0 Å². The van der Waals surface area contributed by atoms with Crippen LogP contribution in [0.3, 0.4) is 0 Å². The molecule has 4 heterocycles. The monoisotopic (exact) mass is 408 g/mol. The molecular formula is C17H25ClN8O2. The van der Waals surface area contributed by atoms with Crippen LogP contribution in [0.4, 0.5) is 17.6 Å². The molecule has 0 spiro atoms. The largest absolute Gasteiger partial charge is 0.394 e. The van der Waals surface area contributed by atoms with E-state index >= 15 is 0 Å². The number of nitrogens with one attached hydrogen (secondary N) is 2. The molecule has 28 heavy (non-hydrogen) atoms. The van der Waals surface area contributed by atoms with Gasteiger partial charge in [0.25, 0.3) is 0 Å². The lowest BCUT2D eigenvalue weighted by Crippen LogP contribution is -2.44. The number of fused-ring (bicyclic) bond motifs is 1. The molecule has 11 heteroatoms. The highest BCUT2D eigenvalue weighted by atomic mass is 35.5. The molecule has 0 bridgehead atoms. The summed E-state index contributed by atoms with van der Waals surface area (Å²) < 4.78 is 0. The molecule has 2 aliphatic heterocycles. The van der Waals surface area contributed by atoms with E-state index in [4.69, 9.17) is 21.7 Å². The summed E-state index contributed by atoms with van der Waals surface area (Å²) in [5.41, 5.74) is 1.05. The van der Waals surface area contributed by atoms with E-state index in [-0.39, 0.29) is 18.3 Å². The minimum absolute atomic E-state index is 0.116. The van der Waals surface area contributed by atoms with Crippen molar-refractivity contribution in [3.63, 3.8) is 0 Å². The number of aromatic nitrogens is 4. The maximum Gasteiger partial charge on any atom is 0.229 e. The molecule has 10 nitrogen and oxygen atoms in total. The van der Waals surface area contributed by atoms with Crippen LogP contribution in [0.5, 0.6) is 0 Å². The maximum atomic E-state index is 9.58. The fraction of sp³-hybridized carbons (Fsp3) is 0.647. The van der Waals surface area contributed by atoms with Crippen molar-refractivity contribution in [2.75, 3.05) is 67.5 Å². The molecule has 0 radical (unpaired) electrons. The summed E-state index contributed by atoms with van der Waals surface area (Å²) in [5, 5.41) is 25.0. The van der Waals surface area contributed by atoms with Gasteiger partial charge in [0, 0.05) is 45.8 Å². The van der Waals surface area contributed by atoms with E-state index < -0.39 is 6.10 Å². The number of nitrogens with zero attached hydrogens (tertiary/aromatic N) is 6. The normalized spacial score (nSPS) is 18.7. The Balaban J connectivity index is 1.74. The van der Waals surface area contributed by atoms with E-state index in [1.54, 1.807) is 0 Å². The third-order valence-electron chi connectivity index (χ3n) is 4.98. The average Bonchev–Trinajstić information content (AvgIpc) is 3.26. The highest BCUT2D eigenvalue weighted by molar-refractivity contribution is 6.32. The highest BCUT2D eigenvalue weighted by Gasteiger charge is 2.24. The zero-order valence-electron chi connectivity index (χ0n) is 15.6. The van der Waals surface area contributed by atoms with Crippen LogP contribution in [-0.4, -0.2) is 88.7 Å². The van der Waals surface area contributed by atoms with Crippen LogP contribution in [0.1, 0.15) is 12.8 Å². The number of aliphatic hydroxyl groups is 2. The van der Waals surface area contributed by atoms with Gasteiger partial charge in [-0.15, -0.1) is 0 Å². The van der Waals surface area contributed by atoms with E-state index in [1.807, 2.05) is 0 Å². The van der Waals surface area contributed by atoms with Gasteiger partial charge in [0.05, 0.1) is 12.7 Å². The van der Waals surface area contributed by atoms with E-state index in [0.29, 0.717) is 22.9 Å². The molecule has 1 unspecified atom stereocenters. The van der Waals surface area contributed by atoms with Gasteiger partial charge in [-0.2, -0.15) is 9.97 Å². The van der Waals surface area contributed by atoms with Crippen molar-refractivity contribution in [1.29, 1.82) is 0 Å². The summed E-state index contributed by atoms with van der Waals surface area (Å²) in [6.07, 6.45) is 1.33. The molecular weight excluding hydrogens is 384 g/mol. The fourth-order valence-corrected chi connectivity index (χ4v) is 3.64. The van der Waals surface area contributed by atoms with Crippen molar-refractivity contribution in [2.45, 2.75) is 18.9 Å². The van der Waals surface area contributed by atoms with Crippen molar-refractivity contribution in [1.82, 2.24) is 25.3 Å². The van der Waals surface area contributed by atoms with Crippen LogP contribution < -0.4 is 20.4 Å². The lowest BCUT2D eigenvalue weighted by atomic mass is 10.3. The molecule has 4 rings (SSSR count). The summed E-state index contributed by atoms with van der Waals surface area (Å²) >= 11 is 6.32. The van der Waals surface area contributed by atoms with Gasteiger partial charge in [-0.05, 0) is 12.8 Å². The average molecular weight is 409 g/mol. The Bertz CT molecular complexity index is 826. The number of aliphatic hydroxyl groups excluding tert-OH is 2. The van der Waals surface area contributed by atoms with Crippen molar-refractivity contribution in [2.24, 2.45) is 0 Å². The van der Waals surface area contributed by atoms with Crippen LogP contribution in [0.25, 0.3) is 11.2 Å². The third-order valence-corrected chi connectivity index (χ3v) is 5.24. The molecule has 2 aromatic heterocycles. The van der Waals surface area contributed by atoms with Gasteiger partial charge < -0.3 is 30.6 Å². The quantitative estimate of drug-likeness (QED) is 0.513. The summed E-state index contributed by atoms with van der Waals surface area (Å²) in [4.78, 5) is 22.9. The van der Waals surface area contributed by atoms with Gasteiger partial charge in [0.1, 0.15) is 0 Å². The molecule has 0 aliphatic carbocycles. The zero-order valence-corrected chi connectivity index (χ0v) is 16.4. The van der Waals surface area contributed by atoms with Crippen molar-refractivity contribution in [3.05, 3.63) is 5.15 Å². The molecule has 4 N–H and O–H groups in total. The molecule has 2 aromatic rings. The molecule has 0 amide bonds. The first-order valence-electron chi connectivity index (χ1n) is 9.64. The van der Waals surface area contributed by atoms with Crippen molar-refractivity contribution < 1.29 is 10.2 Å². The summed E-state index contributed by atoms with van der Waals surface area (Å²) in [5.74, 6) is 1.75. The Kier molecular flexibility index (Phi) is 5.90. The summed E-state index contributed by atoms with van der Waals surface area (Å²) in [6.45, 7) is 5.06. The molecule has 2 fully saturated rings. The second kappa shape index (κ2) is 8.56. The van der Waals surface area contributed by atoms with E-state index in [1.165, 1.54) is 0 Å².